The molecule has 0 radical (unpaired) electrons. The summed E-state index contributed by atoms with van der Waals surface area (Å²) in [6.45, 7) is 16.7. The first kappa shape index (κ1) is 31.9. The molecule has 0 aliphatic rings. The van der Waals surface area contributed by atoms with Crippen LogP contribution in [0.2, 0.25) is 0 Å². The van der Waals surface area contributed by atoms with Gasteiger partial charge in [-0.3, -0.25) is 0 Å². The number of rotatable bonds is 16. The molecule has 7 heteroatoms. The van der Waals surface area contributed by atoms with E-state index in [0.717, 1.165) is 12.8 Å². The Balaban J connectivity index is 2.25. The van der Waals surface area contributed by atoms with E-state index in [1.807, 2.05) is 0 Å². The van der Waals surface area contributed by atoms with Gasteiger partial charge in [-0.2, -0.15) is 0 Å². The molecule has 1 aromatic rings. The molecule has 1 rings (SSSR count). The number of benzene rings is 1. The van der Waals surface area contributed by atoms with Crippen LogP contribution in [0.4, 0.5) is 0 Å². The summed E-state index contributed by atoms with van der Waals surface area (Å²) in [7, 11) is -4.71. The first-order chi connectivity index (χ1) is 15.8. The molecule has 5 nitrogen and oxygen atoms in total. The maximum absolute atomic E-state index is 9.27. The van der Waals surface area contributed by atoms with E-state index in [9.17, 15) is 4.89 Å². The zero-order valence-corrected chi connectivity index (χ0v) is 24.5. The molecule has 0 saturated carbocycles. The molecular formula is C27H50O5P2. The Bertz CT molecular complexity index is 660. The zero-order chi connectivity index (χ0) is 25.8. The average Bonchev–Trinajstić information content (AvgIpc) is 2.69. The summed E-state index contributed by atoms with van der Waals surface area (Å²) in [5.74, 6) is 0. The molecule has 1 unspecified atom stereocenters. The van der Waals surface area contributed by atoms with Crippen LogP contribution in [0.1, 0.15) is 128 Å². The van der Waals surface area contributed by atoms with Gasteiger partial charge in [0.15, 0.2) is 0 Å². The molecule has 0 saturated heterocycles. The lowest BCUT2D eigenvalue weighted by Gasteiger charge is -2.31. The van der Waals surface area contributed by atoms with Crippen LogP contribution >= 0.6 is 17.2 Å². The molecule has 0 aromatic heterocycles. The van der Waals surface area contributed by atoms with Crippen LogP contribution < -0.4 is 0 Å². The summed E-state index contributed by atoms with van der Waals surface area (Å²) in [6, 6.07) is 4.82. The van der Waals surface area contributed by atoms with Crippen molar-refractivity contribution >= 4 is 17.2 Å². The number of unbranched alkanes of at least 4 members (excludes halogenated alkanes) is 9. The maximum Gasteiger partial charge on any atom is 0.337 e. The molecule has 0 spiro atoms. The number of hydrogen-bond acceptors (Lipinski definition) is 5. The first-order valence-electron chi connectivity index (χ1n) is 12.9. The van der Waals surface area contributed by atoms with Gasteiger partial charge in [0.2, 0.25) is 0 Å². The van der Waals surface area contributed by atoms with Crippen LogP contribution in [0.15, 0.2) is 12.1 Å². The van der Waals surface area contributed by atoms with E-state index < -0.39 is 17.2 Å². The molecule has 1 atom stereocenters. The van der Waals surface area contributed by atoms with Gasteiger partial charge >= 0.3 is 17.2 Å². The van der Waals surface area contributed by atoms with Crippen molar-refractivity contribution in [2.75, 3.05) is 6.61 Å². The van der Waals surface area contributed by atoms with Crippen molar-refractivity contribution in [3.63, 3.8) is 0 Å². The Morgan fingerprint density at radius 3 is 1.50 bits per heavy atom. The van der Waals surface area contributed by atoms with E-state index in [1.54, 1.807) is 5.56 Å². The Morgan fingerprint density at radius 1 is 0.676 bits per heavy atom. The SMILES string of the molecule is Cc1cc(C(C)(C)C)c(CCCCCCCCCCCCOP(O)OP(O)O)c(C(C)(C)C)c1. The zero-order valence-electron chi connectivity index (χ0n) is 22.7. The van der Waals surface area contributed by atoms with Gasteiger partial charge in [0.05, 0.1) is 6.61 Å². The number of hydrogen-bond donors (Lipinski definition) is 3. The van der Waals surface area contributed by atoms with Crippen molar-refractivity contribution in [2.24, 2.45) is 0 Å². The van der Waals surface area contributed by atoms with Gasteiger partial charge in [0, 0.05) is 0 Å². The van der Waals surface area contributed by atoms with Crippen LogP contribution in [-0.2, 0) is 26.1 Å². The molecule has 0 fully saturated rings. The smallest absolute Gasteiger partial charge is 0.328 e. The Morgan fingerprint density at radius 2 is 1.09 bits per heavy atom. The Labute approximate surface area is 211 Å². The van der Waals surface area contributed by atoms with Gasteiger partial charge in [-0.1, -0.05) is 111 Å². The molecule has 0 heterocycles. The highest BCUT2D eigenvalue weighted by atomic mass is 31.2. The van der Waals surface area contributed by atoms with E-state index in [2.05, 4.69) is 64.9 Å². The van der Waals surface area contributed by atoms with Crippen molar-refractivity contribution in [1.82, 2.24) is 0 Å². The van der Waals surface area contributed by atoms with Crippen LogP contribution in [0.5, 0.6) is 0 Å². The molecule has 1 aromatic carbocycles. The summed E-state index contributed by atoms with van der Waals surface area (Å²) in [5, 5.41) is 0. The first-order valence-corrected chi connectivity index (χ1v) is 15.2. The number of aryl methyl sites for hydroxylation is 1. The van der Waals surface area contributed by atoms with Gasteiger partial charge in [-0.25, -0.2) is 4.31 Å². The van der Waals surface area contributed by atoms with Crippen LogP contribution in [0.25, 0.3) is 0 Å². The van der Waals surface area contributed by atoms with Gasteiger partial charge in [-0.15, -0.1) is 0 Å². The van der Waals surface area contributed by atoms with Crippen LogP contribution in [-0.4, -0.2) is 21.3 Å². The second kappa shape index (κ2) is 15.9. The highest BCUT2D eigenvalue weighted by Crippen LogP contribution is 2.46. The third-order valence-corrected chi connectivity index (χ3v) is 7.72. The summed E-state index contributed by atoms with van der Waals surface area (Å²) in [4.78, 5) is 26.5. The molecule has 198 valence electrons. The fourth-order valence-corrected chi connectivity index (χ4v) is 5.44. The molecule has 0 aliphatic carbocycles. The third kappa shape index (κ3) is 13.3. The summed E-state index contributed by atoms with van der Waals surface area (Å²) >= 11 is 0. The minimum atomic E-state index is -2.55. The van der Waals surface area contributed by atoms with Crippen LogP contribution in [0.3, 0.4) is 0 Å². The average molecular weight is 517 g/mol. The topological polar surface area (TPSA) is 79.2 Å². The minimum absolute atomic E-state index is 0.171. The highest BCUT2D eigenvalue weighted by Gasteiger charge is 2.25. The lowest BCUT2D eigenvalue weighted by molar-refractivity contribution is 0.242. The fraction of sp³-hybridized carbons (Fsp3) is 0.778. The fourth-order valence-electron chi connectivity index (χ4n) is 4.47. The van der Waals surface area contributed by atoms with E-state index >= 15 is 0 Å². The van der Waals surface area contributed by atoms with Crippen molar-refractivity contribution in [3.8, 4) is 0 Å². The lowest BCUT2D eigenvalue weighted by atomic mass is 9.74. The summed E-state index contributed by atoms with van der Waals surface area (Å²) < 4.78 is 9.41. The predicted octanol–water partition coefficient (Wildman–Crippen LogP) is 8.50. The second-order valence-corrected chi connectivity index (χ2v) is 13.4. The minimum Gasteiger partial charge on any atom is -0.328 e. The van der Waals surface area contributed by atoms with Gasteiger partial charge in [-0.05, 0) is 53.7 Å². The third-order valence-electron chi connectivity index (χ3n) is 6.18. The van der Waals surface area contributed by atoms with Crippen LogP contribution in [0, 0.1) is 6.92 Å². The Kier molecular flexibility index (Phi) is 14.9. The molecule has 0 aliphatic heterocycles. The van der Waals surface area contributed by atoms with Gasteiger partial charge in [0.25, 0.3) is 0 Å². The van der Waals surface area contributed by atoms with Gasteiger partial charge < -0.3 is 19.2 Å². The van der Waals surface area contributed by atoms with E-state index in [-0.39, 0.29) is 10.8 Å². The lowest BCUT2D eigenvalue weighted by Crippen LogP contribution is -2.21. The molecule has 3 N–H and O–H groups in total. The van der Waals surface area contributed by atoms with Crippen molar-refractivity contribution in [3.05, 3.63) is 34.4 Å². The second-order valence-electron chi connectivity index (χ2n) is 11.5. The highest BCUT2D eigenvalue weighted by molar-refractivity contribution is 7.54. The maximum atomic E-state index is 9.27. The van der Waals surface area contributed by atoms with E-state index in [0.29, 0.717) is 6.61 Å². The van der Waals surface area contributed by atoms with E-state index in [1.165, 1.54) is 74.5 Å². The Hall–Kier alpha value is -0.120. The standard InChI is InChI=1S/C27H50O5P2/c1-22-20-24(26(2,3)4)23(25(21-22)27(5,6)7)18-16-14-12-10-8-9-11-13-15-17-19-31-34(30)32-33(28)29/h20-21,28-30H,8-19H2,1-7H3. The summed E-state index contributed by atoms with van der Waals surface area (Å²) in [6.07, 6.45) is 13.2. The quantitative estimate of drug-likeness (QED) is 0.152. The largest absolute Gasteiger partial charge is 0.337 e. The van der Waals surface area contributed by atoms with Crippen molar-refractivity contribution < 1.29 is 23.5 Å². The monoisotopic (exact) mass is 516 g/mol. The molecule has 0 amide bonds. The molecule has 34 heavy (non-hydrogen) atoms. The van der Waals surface area contributed by atoms with Crippen molar-refractivity contribution in [1.29, 1.82) is 0 Å². The van der Waals surface area contributed by atoms with Gasteiger partial charge in [0.1, 0.15) is 0 Å². The molecule has 0 bridgehead atoms. The summed E-state index contributed by atoms with van der Waals surface area (Å²) in [5.41, 5.74) is 6.36. The normalized spacial score (nSPS) is 13.6. The van der Waals surface area contributed by atoms with E-state index in [4.69, 9.17) is 14.3 Å². The molecular weight excluding hydrogens is 466 g/mol. The van der Waals surface area contributed by atoms with Crippen molar-refractivity contribution in [2.45, 2.75) is 130 Å². The predicted molar refractivity (Wildman–Crippen MR) is 146 cm³/mol.